The molecule has 0 aliphatic rings. The Morgan fingerprint density at radius 1 is 0.411 bits per heavy atom. The number of nitrogens with zero attached hydrogens (tertiary/aromatic N) is 14. The first kappa shape index (κ1) is 70.5. The van der Waals surface area contributed by atoms with Crippen LogP contribution >= 0.6 is 0 Å². The van der Waals surface area contributed by atoms with E-state index in [4.69, 9.17) is 15.0 Å². The van der Waals surface area contributed by atoms with Crippen LogP contribution in [0.3, 0.4) is 0 Å². The van der Waals surface area contributed by atoms with Crippen LogP contribution in [0.25, 0.3) is 10.4 Å². The number of ether oxygens (including phenoxy) is 2. The molecule has 0 unspecified atom stereocenters. The zero-order valence-electron chi connectivity index (χ0n) is 53.0. The molecule has 0 atom stereocenters. The third-order valence-electron chi connectivity index (χ3n) is 13.7. The van der Waals surface area contributed by atoms with Gasteiger partial charge < -0.3 is 99.9 Å². The van der Waals surface area contributed by atoms with Crippen LogP contribution in [0.2, 0.25) is 0 Å². The Morgan fingerprint density at radius 3 is 1.34 bits per heavy atom. The van der Waals surface area contributed by atoms with Crippen LogP contribution in [0.4, 0.5) is 34.5 Å². The fourth-order valence-electron chi connectivity index (χ4n) is 9.04. The zero-order chi connectivity index (χ0) is 68.7. The molecule has 0 bridgehead atoms. The van der Waals surface area contributed by atoms with Gasteiger partial charge in [-0.15, -0.1) is 0 Å². The minimum absolute atomic E-state index is 0.00808. The van der Waals surface area contributed by atoms with Crippen LogP contribution in [0.5, 0.6) is 0 Å². The summed E-state index contributed by atoms with van der Waals surface area (Å²) in [4.78, 5) is 161. The lowest BCUT2D eigenvalue weighted by atomic mass is 10.3. The maximum absolute atomic E-state index is 13.3. The number of anilines is 6. The van der Waals surface area contributed by atoms with Crippen molar-refractivity contribution in [3.05, 3.63) is 119 Å². The molecule has 95 heavy (non-hydrogen) atoms. The quantitative estimate of drug-likeness (QED) is 0.0112. The number of carbonyl (C=O) groups excluding carboxylic acids is 11. The molecule has 0 saturated heterocycles. The van der Waals surface area contributed by atoms with Crippen LogP contribution < -0.4 is 58.5 Å². The Morgan fingerprint density at radius 2 is 0.832 bits per heavy atom. The lowest BCUT2D eigenvalue weighted by Crippen LogP contribution is -2.33. The number of amides is 11. The van der Waals surface area contributed by atoms with Gasteiger partial charge in [0.25, 0.3) is 41.4 Å². The SMILES string of the molecule is Cn1cc(NC(=O)c2nc(NC(=O)CCNC(=O)c3cc(NC(=O)c4nccn4C)cn3C)cn2C)cc1C(=O)NCCCC(=O)Nc1cn(C)c(C(=O)NCCC(=O)Nc2cc(C(=O)Nc3cn(C)c(C(=O)NCCC(=O)NCCOCCOCCN=[N+]=[N-])n3)n(C)c2)n1. The molecule has 11 N–H and O–H groups in total. The molecule has 0 spiro atoms. The molecule has 38 heteroatoms. The number of aromatic nitrogens is 11. The van der Waals surface area contributed by atoms with Crippen molar-refractivity contribution in [2.45, 2.75) is 32.1 Å². The number of carbonyl (C=O) groups is 11. The van der Waals surface area contributed by atoms with E-state index >= 15 is 0 Å². The molecule has 7 aromatic rings. The van der Waals surface area contributed by atoms with Gasteiger partial charge in [0.15, 0.2) is 23.3 Å². The molecule has 0 aromatic carbocycles. The number of hydrogen-bond donors (Lipinski definition) is 11. The molecule has 0 saturated carbocycles. The third kappa shape index (κ3) is 20.8. The predicted octanol–water partition coefficient (Wildman–Crippen LogP) is 0.639. The van der Waals surface area contributed by atoms with Crippen LogP contribution in [0.15, 0.2) is 72.9 Å². The predicted molar refractivity (Wildman–Crippen MR) is 340 cm³/mol. The number of nitrogens with one attached hydrogen (secondary N) is 11. The van der Waals surface area contributed by atoms with Crippen molar-refractivity contribution >= 4 is 99.5 Å². The topological polar surface area (TPSA) is 473 Å². The van der Waals surface area contributed by atoms with Crippen molar-refractivity contribution in [1.82, 2.24) is 78.5 Å². The Balaban J connectivity index is 0.748. The van der Waals surface area contributed by atoms with Crippen molar-refractivity contribution in [3.8, 4) is 0 Å². The second-order valence-electron chi connectivity index (χ2n) is 21.1. The van der Waals surface area contributed by atoms with Gasteiger partial charge in [0.1, 0.15) is 17.1 Å². The standard InChI is InChI=1S/C57H73N25O13/c1-76-20-17-60-47(76)56(92)67-35-26-38(78(3)29-35)52(88)62-15-12-46(86)70-41-32-82(7)50(72-41)57(93)68-36-27-37(77(2)30-36)51(87)61-13-8-9-44(84)69-40-31-80(5)48(71-40)54(90)64-16-11-45(85)66-34-25-39(79(4)28-34)53(89)74-42-33-81(6)49(73-42)55(91)63-14-10-43(83)59-18-21-94-23-24-95-22-19-65-75-58/h17,20,25-33H,8-16,18-19,21-24H2,1-7H3,(H,59,83)(H,61,87)(H,62,88)(H,63,91)(H,64,90)(H,66,85)(H,67,92)(H,68,93)(H,69,84)(H,70,86)(H,74,89). The highest BCUT2D eigenvalue weighted by Gasteiger charge is 2.23. The van der Waals surface area contributed by atoms with E-state index in [0.29, 0.717) is 18.9 Å². The van der Waals surface area contributed by atoms with E-state index in [1.165, 1.54) is 82.8 Å². The summed E-state index contributed by atoms with van der Waals surface area (Å²) in [5.41, 5.74) is 9.76. The fraction of sp³-hybridized carbons (Fsp3) is 0.386. The van der Waals surface area contributed by atoms with Gasteiger partial charge in [0.2, 0.25) is 41.1 Å². The van der Waals surface area contributed by atoms with E-state index in [1.54, 1.807) is 66.3 Å². The Bertz CT molecular complexity index is 4020. The van der Waals surface area contributed by atoms with Crippen molar-refractivity contribution < 1.29 is 62.2 Å². The maximum atomic E-state index is 13.3. The summed E-state index contributed by atoms with van der Waals surface area (Å²) in [5, 5.41) is 32.6. The van der Waals surface area contributed by atoms with Crippen molar-refractivity contribution in [2.24, 2.45) is 54.4 Å². The van der Waals surface area contributed by atoms with Gasteiger partial charge in [-0.25, -0.2) is 19.9 Å². The monoisotopic (exact) mass is 1320 g/mol. The highest BCUT2D eigenvalue weighted by atomic mass is 16.5. The van der Waals surface area contributed by atoms with Gasteiger partial charge in [0.05, 0.1) is 43.5 Å². The zero-order valence-corrected chi connectivity index (χ0v) is 53.0. The van der Waals surface area contributed by atoms with Crippen LogP contribution in [-0.4, -0.2) is 183 Å². The summed E-state index contributed by atoms with van der Waals surface area (Å²) in [6.07, 6.45) is 11.9. The summed E-state index contributed by atoms with van der Waals surface area (Å²) in [5.74, 6) is -5.28. The van der Waals surface area contributed by atoms with Crippen LogP contribution in [-0.2, 0) is 78.0 Å². The molecule has 38 nitrogen and oxygen atoms in total. The molecule has 0 fully saturated rings. The summed E-state index contributed by atoms with van der Waals surface area (Å²) >= 11 is 0. The second kappa shape index (κ2) is 33.9. The summed E-state index contributed by atoms with van der Waals surface area (Å²) in [7, 11) is 11.2. The lowest BCUT2D eigenvalue weighted by Gasteiger charge is -2.08. The first-order valence-electron chi connectivity index (χ1n) is 29.4. The van der Waals surface area contributed by atoms with Gasteiger partial charge >= 0.3 is 0 Å². The fourth-order valence-corrected chi connectivity index (χ4v) is 9.04. The Hall–Kier alpha value is -11.9. The van der Waals surface area contributed by atoms with Gasteiger partial charge in [-0.3, -0.25) is 52.7 Å². The molecule has 504 valence electrons. The molecule has 0 aliphatic carbocycles. The average Bonchev–Trinajstić information content (AvgIpc) is 1.73. The smallest absolute Gasteiger partial charge is 0.291 e. The van der Waals surface area contributed by atoms with Gasteiger partial charge in [-0.2, -0.15) is 0 Å². The Labute approximate surface area is 541 Å². The number of aryl methyl sites for hydroxylation is 7. The number of imidazole rings is 4. The molecule has 7 aromatic heterocycles. The average molecular weight is 1320 g/mol. The van der Waals surface area contributed by atoms with E-state index in [-0.39, 0.29) is 160 Å². The van der Waals surface area contributed by atoms with Crippen molar-refractivity contribution in [3.63, 3.8) is 0 Å². The minimum atomic E-state index is -0.638. The first-order chi connectivity index (χ1) is 45.5. The summed E-state index contributed by atoms with van der Waals surface area (Å²) in [6, 6.07) is 4.38. The molecular weight excluding hydrogens is 1240 g/mol. The second-order valence-corrected chi connectivity index (χ2v) is 21.1. The number of hydrogen-bond acceptors (Lipinski definition) is 18. The minimum Gasteiger partial charge on any atom is -0.379 e. The Kier molecular flexibility index (Phi) is 25.2. The number of azide groups is 1. The van der Waals surface area contributed by atoms with E-state index < -0.39 is 59.1 Å². The summed E-state index contributed by atoms with van der Waals surface area (Å²) < 4.78 is 20.8. The highest BCUT2D eigenvalue weighted by Crippen LogP contribution is 2.19. The van der Waals surface area contributed by atoms with Crippen molar-refractivity contribution in [1.29, 1.82) is 0 Å². The van der Waals surface area contributed by atoms with E-state index in [1.807, 2.05) is 0 Å². The van der Waals surface area contributed by atoms with Gasteiger partial charge in [-0.05, 0) is 30.2 Å². The van der Waals surface area contributed by atoms with Gasteiger partial charge in [0, 0.05) is 169 Å². The molecule has 0 aliphatic heterocycles. The van der Waals surface area contributed by atoms with Crippen LogP contribution in [0.1, 0.15) is 106 Å². The molecule has 7 heterocycles. The summed E-state index contributed by atoms with van der Waals surface area (Å²) in [6.45, 7) is 1.60. The van der Waals surface area contributed by atoms with Gasteiger partial charge in [-0.1, -0.05) is 5.11 Å². The first-order valence-corrected chi connectivity index (χ1v) is 29.4. The van der Waals surface area contributed by atoms with E-state index in [9.17, 15) is 52.7 Å². The molecule has 0 radical (unpaired) electrons. The van der Waals surface area contributed by atoms with E-state index in [2.05, 4.69) is 88.4 Å². The third-order valence-corrected chi connectivity index (χ3v) is 13.7. The molecule has 11 amide bonds. The maximum Gasteiger partial charge on any atom is 0.291 e. The lowest BCUT2D eigenvalue weighted by molar-refractivity contribution is -0.121. The molecule has 7 rings (SSSR count). The van der Waals surface area contributed by atoms with E-state index in [0.717, 1.165) is 0 Å². The largest absolute Gasteiger partial charge is 0.379 e. The normalized spacial score (nSPS) is 10.8. The molecular formula is C57H73N25O13. The highest BCUT2D eigenvalue weighted by molar-refractivity contribution is 6.06. The number of rotatable bonds is 35. The van der Waals surface area contributed by atoms with Crippen LogP contribution in [0, 0.1) is 0 Å². The van der Waals surface area contributed by atoms with Crippen molar-refractivity contribution in [2.75, 3.05) is 97.6 Å².